The normalized spacial score (nSPS) is 12.5. The fourth-order valence-electron chi connectivity index (χ4n) is 8.74. The van der Waals surface area contributed by atoms with Crippen LogP contribution in [-0.2, 0) is 0 Å². The van der Waals surface area contributed by atoms with Crippen molar-refractivity contribution in [3.8, 4) is 33.4 Å². The Bertz CT molecular complexity index is 3070. The van der Waals surface area contributed by atoms with Crippen LogP contribution in [0.3, 0.4) is 0 Å². The maximum atomic E-state index is 5.72. The van der Waals surface area contributed by atoms with Crippen LogP contribution in [0.25, 0.3) is 33.4 Å². The van der Waals surface area contributed by atoms with Crippen molar-refractivity contribution in [1.29, 1.82) is 0 Å². The van der Waals surface area contributed by atoms with Crippen LogP contribution < -0.4 is 26.5 Å². The lowest BCUT2D eigenvalue weighted by Crippen LogP contribution is -2.25. The van der Waals surface area contributed by atoms with Crippen LogP contribution in [0.5, 0.6) is 0 Å². The molecule has 0 saturated heterocycles. The van der Waals surface area contributed by atoms with Crippen molar-refractivity contribution in [3.63, 3.8) is 0 Å². The summed E-state index contributed by atoms with van der Waals surface area (Å²) in [4.78, 5) is 0. The first kappa shape index (κ1) is 41.7. The van der Waals surface area contributed by atoms with Crippen LogP contribution in [0.4, 0.5) is 11.4 Å². The molecule has 0 aromatic heterocycles. The van der Waals surface area contributed by atoms with E-state index in [0.29, 0.717) is 0 Å². The second-order valence-electron chi connectivity index (χ2n) is 16.1. The Morgan fingerprint density at radius 2 is 0.554 bits per heavy atom. The molecule has 0 spiro atoms. The second kappa shape index (κ2) is 19.2. The Labute approximate surface area is 383 Å². The fraction of sp³-hybridized carbons (Fsp3) is 0.0164. The number of nitrogens with zero attached hydrogens (tertiary/aromatic N) is 2. The molecule has 10 rings (SSSR count). The molecule has 312 valence electrons. The van der Waals surface area contributed by atoms with Gasteiger partial charge in [0.25, 0.3) is 0 Å². The van der Waals surface area contributed by atoms with E-state index in [2.05, 4.69) is 279 Å². The highest BCUT2D eigenvalue weighted by molar-refractivity contribution is 7.87. The fourth-order valence-corrected chi connectivity index (χ4v) is 15.8. The Morgan fingerprint density at radius 3 is 0.877 bits per heavy atom. The molecule has 9 aromatic carbocycles. The molecule has 0 amide bonds. The minimum absolute atomic E-state index is 0.914. The van der Waals surface area contributed by atoms with Gasteiger partial charge in [-0.3, -0.25) is 9.49 Å². The quantitative estimate of drug-likeness (QED) is 0.116. The molecule has 1 aliphatic carbocycles. The average molecular weight is 871 g/mol. The zero-order chi connectivity index (χ0) is 43.7. The van der Waals surface area contributed by atoms with Crippen molar-refractivity contribution in [2.75, 3.05) is 0 Å². The Kier molecular flexibility index (Phi) is 12.3. The van der Waals surface area contributed by atoms with E-state index in [4.69, 9.17) is 9.49 Å². The van der Waals surface area contributed by atoms with Gasteiger partial charge in [-0.1, -0.05) is 255 Å². The van der Waals surface area contributed by atoms with Gasteiger partial charge in [0.15, 0.2) is 0 Å². The molecule has 1 aliphatic rings. The first-order chi connectivity index (χ1) is 32.2. The summed E-state index contributed by atoms with van der Waals surface area (Å²) in [5.74, 6) is 0. The molecule has 0 aliphatic heterocycles. The summed E-state index contributed by atoms with van der Waals surface area (Å²) < 4.78 is 11.4. The lowest BCUT2D eigenvalue weighted by Gasteiger charge is -2.27. The summed E-state index contributed by atoms with van der Waals surface area (Å²) in [6.07, 6.45) is 12.1. The van der Waals surface area contributed by atoms with E-state index in [0.717, 1.165) is 28.9 Å². The molecular weight excluding hydrogens is 823 g/mol. The summed E-state index contributed by atoms with van der Waals surface area (Å²) in [5, 5.41) is 7.43. The molecule has 0 bridgehead atoms. The third-order valence-corrected chi connectivity index (χ3v) is 19.4. The van der Waals surface area contributed by atoms with Crippen molar-refractivity contribution >= 4 is 52.0 Å². The summed E-state index contributed by atoms with van der Waals surface area (Å²) >= 11 is 0. The minimum Gasteiger partial charge on any atom is -0.254 e. The van der Waals surface area contributed by atoms with Crippen LogP contribution in [0, 0.1) is 0 Å². The van der Waals surface area contributed by atoms with Crippen LogP contribution in [0.2, 0.25) is 0 Å². The maximum absolute atomic E-state index is 5.72. The predicted molar refractivity (Wildman–Crippen MR) is 282 cm³/mol. The third-order valence-electron chi connectivity index (χ3n) is 12.0. The van der Waals surface area contributed by atoms with E-state index < -0.39 is 14.1 Å². The van der Waals surface area contributed by atoms with Crippen molar-refractivity contribution in [3.05, 3.63) is 284 Å². The molecule has 2 nitrogen and oxygen atoms in total. The molecule has 0 fully saturated rings. The number of rotatable bonds is 11. The van der Waals surface area contributed by atoms with Gasteiger partial charge >= 0.3 is 0 Å². The van der Waals surface area contributed by atoms with Crippen LogP contribution >= 0.6 is 14.1 Å². The van der Waals surface area contributed by atoms with Gasteiger partial charge in [0.1, 0.15) is 0 Å². The third kappa shape index (κ3) is 8.68. The zero-order valence-corrected chi connectivity index (χ0v) is 37.8. The van der Waals surface area contributed by atoms with Gasteiger partial charge in [-0.2, -0.15) is 0 Å². The van der Waals surface area contributed by atoms with E-state index >= 15 is 0 Å². The van der Waals surface area contributed by atoms with Gasteiger partial charge in [0, 0.05) is 31.8 Å². The Hall–Kier alpha value is -7.34. The van der Waals surface area contributed by atoms with E-state index in [-0.39, 0.29) is 0 Å². The van der Waals surface area contributed by atoms with E-state index in [1.54, 1.807) is 0 Å². The second-order valence-corrected chi connectivity index (χ2v) is 22.1. The van der Waals surface area contributed by atoms with E-state index in [1.807, 2.05) is 0 Å². The van der Waals surface area contributed by atoms with Gasteiger partial charge in [-0.25, -0.2) is 0 Å². The molecule has 0 heterocycles. The Morgan fingerprint density at radius 1 is 0.277 bits per heavy atom. The molecule has 0 atom stereocenters. The number of benzene rings is 9. The summed E-state index contributed by atoms with van der Waals surface area (Å²) in [6.45, 7) is 0. The van der Waals surface area contributed by atoms with E-state index in [1.165, 1.54) is 54.1 Å². The highest BCUT2D eigenvalue weighted by Crippen LogP contribution is 2.58. The average Bonchev–Trinajstić information content (AvgIpc) is 3.69. The predicted octanol–water partition coefficient (Wildman–Crippen LogP) is 15.4. The lowest BCUT2D eigenvalue weighted by atomic mass is 9.98. The summed E-state index contributed by atoms with van der Waals surface area (Å²) in [5.41, 5.74) is 8.98. The standard InChI is InChI=1S/C61H48N2P2/c1-2-9-21-56(20-8-1)64(57-22-10-3-11-23-57,58-24-12-4-13-25-58)62-54-44-40-52(41-45-54)50-36-32-48(33-37-50)49-34-38-51(39-35-49)53-42-46-55(47-43-53)63-65(59-26-14-5-15-27-59,60-28-16-6-17-29-60)61-30-18-7-19-31-61/h1,3-47H,2H2. The molecule has 0 saturated carbocycles. The maximum Gasteiger partial charge on any atom is 0.0625 e. The zero-order valence-electron chi connectivity index (χ0n) is 36.1. The van der Waals surface area contributed by atoms with Crippen molar-refractivity contribution in [2.24, 2.45) is 9.49 Å². The molecule has 65 heavy (non-hydrogen) atoms. The van der Waals surface area contributed by atoms with Gasteiger partial charge in [-0.15, -0.1) is 0 Å². The number of allylic oxidation sites excluding steroid dienone is 6. The first-order valence-corrected chi connectivity index (χ1v) is 25.7. The SMILES string of the molecule is C1=CCC=CC(P(=Nc2ccc(-c3ccc(-c4ccc(-c5ccc(N=P(c6ccccc6)(c6ccccc6)c6ccccc6)cc5)cc4)cc3)cc2)(c2ccccc2)c2ccccc2)=C1. The van der Waals surface area contributed by atoms with Crippen molar-refractivity contribution in [1.82, 2.24) is 0 Å². The van der Waals surface area contributed by atoms with E-state index in [9.17, 15) is 0 Å². The highest BCUT2D eigenvalue weighted by atomic mass is 31.2. The molecular formula is C61H48N2P2. The minimum atomic E-state index is -2.37. The number of hydrogen-bond acceptors (Lipinski definition) is 2. The molecule has 0 N–H and O–H groups in total. The molecule has 0 radical (unpaired) electrons. The van der Waals surface area contributed by atoms with Crippen molar-refractivity contribution in [2.45, 2.75) is 6.42 Å². The van der Waals surface area contributed by atoms with Gasteiger partial charge < -0.3 is 0 Å². The lowest BCUT2D eigenvalue weighted by molar-refractivity contribution is 1.40. The highest BCUT2D eigenvalue weighted by Gasteiger charge is 2.29. The molecule has 9 aromatic rings. The first-order valence-electron chi connectivity index (χ1n) is 22.2. The number of hydrogen-bond donors (Lipinski definition) is 0. The van der Waals surface area contributed by atoms with Crippen molar-refractivity contribution < 1.29 is 0 Å². The monoisotopic (exact) mass is 870 g/mol. The van der Waals surface area contributed by atoms with Gasteiger partial charge in [0.05, 0.1) is 25.5 Å². The van der Waals surface area contributed by atoms with Crippen LogP contribution in [-0.4, -0.2) is 0 Å². The van der Waals surface area contributed by atoms with Crippen LogP contribution in [0.15, 0.2) is 294 Å². The van der Waals surface area contributed by atoms with Gasteiger partial charge in [-0.05, 0) is 64.1 Å². The Balaban J connectivity index is 0.910. The summed E-state index contributed by atoms with van der Waals surface area (Å²) in [7, 11) is -4.72. The molecule has 0 unspecified atom stereocenters. The largest absolute Gasteiger partial charge is 0.254 e. The van der Waals surface area contributed by atoms with Gasteiger partial charge in [0.2, 0.25) is 0 Å². The smallest absolute Gasteiger partial charge is 0.0625 e. The molecule has 4 heteroatoms. The topological polar surface area (TPSA) is 24.7 Å². The summed E-state index contributed by atoms with van der Waals surface area (Å²) in [6, 6.07) is 89.3. The van der Waals surface area contributed by atoms with Crippen LogP contribution in [0.1, 0.15) is 6.42 Å².